The van der Waals surface area contributed by atoms with E-state index in [4.69, 9.17) is 11.0 Å². The molecule has 1 aromatic carbocycles. The van der Waals surface area contributed by atoms with Crippen molar-refractivity contribution in [2.24, 2.45) is 5.73 Å². The summed E-state index contributed by atoms with van der Waals surface area (Å²) < 4.78 is 66.0. The van der Waals surface area contributed by atoms with Crippen LogP contribution in [0.15, 0.2) is 23.1 Å². The third-order valence-electron chi connectivity index (χ3n) is 3.82. The second-order valence-electron chi connectivity index (χ2n) is 5.11. The normalized spacial score (nSPS) is 12.9. The van der Waals surface area contributed by atoms with Crippen LogP contribution in [-0.4, -0.2) is 20.5 Å². The van der Waals surface area contributed by atoms with Gasteiger partial charge in [-0.05, 0) is 31.0 Å². The topological polar surface area (TPSA) is 96.0 Å². The Morgan fingerprint density at radius 3 is 2.22 bits per heavy atom. The summed E-state index contributed by atoms with van der Waals surface area (Å²) in [6, 6.07) is 3.69. The number of hydrogen-bond acceptors (Lipinski definition) is 4. The van der Waals surface area contributed by atoms with Crippen LogP contribution in [0.3, 0.4) is 0 Å². The van der Waals surface area contributed by atoms with E-state index in [0.717, 1.165) is 12.1 Å². The summed E-state index contributed by atoms with van der Waals surface area (Å²) in [5, 5.41) is 8.74. The molecule has 23 heavy (non-hydrogen) atoms. The molecule has 0 amide bonds. The van der Waals surface area contributed by atoms with Gasteiger partial charge in [-0.1, -0.05) is 13.8 Å². The summed E-state index contributed by atoms with van der Waals surface area (Å²) in [4.78, 5) is -0.552. The third-order valence-corrected chi connectivity index (χ3v) is 5.40. The van der Waals surface area contributed by atoms with E-state index < -0.39 is 37.8 Å². The fourth-order valence-corrected chi connectivity index (χ4v) is 3.67. The molecular formula is C14H18F3N3O2S. The first kappa shape index (κ1) is 19.4. The monoisotopic (exact) mass is 349 g/mol. The van der Waals surface area contributed by atoms with Crippen molar-refractivity contribution in [3.05, 3.63) is 29.3 Å². The maximum absolute atomic E-state index is 13.0. The van der Waals surface area contributed by atoms with Crippen LogP contribution in [0.25, 0.3) is 0 Å². The highest BCUT2D eigenvalue weighted by atomic mass is 32.2. The molecule has 0 aliphatic rings. The van der Waals surface area contributed by atoms with E-state index in [0.29, 0.717) is 18.9 Å². The number of nitrogens with zero attached hydrogens (tertiary/aromatic N) is 1. The lowest BCUT2D eigenvalue weighted by Gasteiger charge is -2.31. The van der Waals surface area contributed by atoms with Crippen molar-refractivity contribution in [3.8, 4) is 6.07 Å². The van der Waals surface area contributed by atoms with Gasteiger partial charge in [0.2, 0.25) is 10.0 Å². The Morgan fingerprint density at radius 2 is 1.83 bits per heavy atom. The Balaban J connectivity index is 3.38. The smallest absolute Gasteiger partial charge is 0.329 e. The molecule has 0 saturated carbocycles. The van der Waals surface area contributed by atoms with Crippen molar-refractivity contribution in [2.45, 2.75) is 43.3 Å². The maximum Gasteiger partial charge on any atom is 0.417 e. The van der Waals surface area contributed by atoms with Crippen LogP contribution >= 0.6 is 0 Å². The van der Waals surface area contributed by atoms with Crippen LogP contribution in [0.2, 0.25) is 0 Å². The van der Waals surface area contributed by atoms with Gasteiger partial charge in [0.1, 0.15) is 0 Å². The highest BCUT2D eigenvalue weighted by Gasteiger charge is 2.36. The van der Waals surface area contributed by atoms with Gasteiger partial charge in [-0.25, -0.2) is 13.1 Å². The first-order chi connectivity index (χ1) is 10.5. The van der Waals surface area contributed by atoms with Gasteiger partial charge >= 0.3 is 6.18 Å². The second-order valence-corrected chi connectivity index (χ2v) is 6.80. The Hall–Kier alpha value is -1.63. The second kappa shape index (κ2) is 6.86. The minimum absolute atomic E-state index is 0.0155. The van der Waals surface area contributed by atoms with Crippen molar-refractivity contribution in [1.82, 2.24) is 4.72 Å². The first-order valence-corrected chi connectivity index (χ1v) is 8.39. The Bertz CT molecular complexity index is 697. The van der Waals surface area contributed by atoms with Crippen LogP contribution in [0.5, 0.6) is 0 Å². The van der Waals surface area contributed by atoms with E-state index >= 15 is 0 Å². The van der Waals surface area contributed by atoms with Gasteiger partial charge < -0.3 is 5.73 Å². The van der Waals surface area contributed by atoms with Crippen LogP contribution in [0.4, 0.5) is 13.2 Å². The van der Waals surface area contributed by atoms with Gasteiger partial charge in [-0.2, -0.15) is 18.4 Å². The molecule has 0 heterocycles. The highest BCUT2D eigenvalue weighted by Crippen LogP contribution is 2.33. The molecule has 1 rings (SSSR count). The zero-order chi connectivity index (χ0) is 17.9. The standard InChI is InChI=1S/C14H18F3N3O2S/c1-3-13(4-2,9-19)20-23(21,22)11-6-5-10(8-18)12(7-11)14(15,16)17/h5-7,20H,3-4,9,19H2,1-2H3. The lowest BCUT2D eigenvalue weighted by Crippen LogP contribution is -2.52. The minimum atomic E-state index is -4.82. The number of hydrogen-bond donors (Lipinski definition) is 2. The molecule has 5 nitrogen and oxygen atoms in total. The predicted molar refractivity (Wildman–Crippen MR) is 78.8 cm³/mol. The number of benzene rings is 1. The molecule has 0 spiro atoms. The van der Waals surface area contributed by atoms with E-state index in [1.165, 1.54) is 6.07 Å². The minimum Gasteiger partial charge on any atom is -0.329 e. The third kappa shape index (κ3) is 4.22. The first-order valence-electron chi connectivity index (χ1n) is 6.90. The highest BCUT2D eigenvalue weighted by molar-refractivity contribution is 7.89. The summed E-state index contributed by atoms with van der Waals surface area (Å²) in [6.45, 7) is 3.49. The Morgan fingerprint density at radius 1 is 1.26 bits per heavy atom. The van der Waals surface area contributed by atoms with Crippen molar-refractivity contribution < 1.29 is 21.6 Å². The number of nitrogens with one attached hydrogen (secondary N) is 1. The lowest BCUT2D eigenvalue weighted by atomic mass is 9.95. The van der Waals surface area contributed by atoms with Gasteiger partial charge in [0.25, 0.3) is 0 Å². The Kier molecular flexibility index (Phi) is 5.79. The summed E-state index contributed by atoms with van der Waals surface area (Å²) in [6.07, 6.45) is -4.04. The number of alkyl halides is 3. The Labute approximate surface area is 133 Å². The zero-order valence-electron chi connectivity index (χ0n) is 12.7. The molecule has 0 fully saturated rings. The van der Waals surface area contributed by atoms with Crippen molar-refractivity contribution >= 4 is 10.0 Å². The zero-order valence-corrected chi connectivity index (χ0v) is 13.6. The molecule has 9 heteroatoms. The predicted octanol–water partition coefficient (Wildman–Crippen LogP) is 2.37. The SMILES string of the molecule is CCC(CC)(CN)NS(=O)(=O)c1ccc(C#N)c(C(F)(F)F)c1. The molecule has 0 aromatic heterocycles. The molecule has 128 valence electrons. The average molecular weight is 349 g/mol. The number of halogens is 3. The van der Waals surface area contributed by atoms with Crippen molar-refractivity contribution in [1.29, 1.82) is 5.26 Å². The van der Waals surface area contributed by atoms with Gasteiger partial charge in [-0.15, -0.1) is 0 Å². The molecule has 0 unspecified atom stereocenters. The molecule has 0 atom stereocenters. The van der Waals surface area contributed by atoms with Gasteiger partial charge in [0.15, 0.2) is 0 Å². The molecule has 1 aromatic rings. The summed E-state index contributed by atoms with van der Waals surface area (Å²) in [5.74, 6) is 0. The van der Waals surface area contributed by atoms with Crippen LogP contribution in [0.1, 0.15) is 37.8 Å². The van der Waals surface area contributed by atoms with Gasteiger partial charge in [0.05, 0.1) is 22.1 Å². The average Bonchev–Trinajstić information content (AvgIpc) is 2.51. The summed E-state index contributed by atoms with van der Waals surface area (Å²) in [5.41, 5.74) is 2.77. The van der Waals surface area contributed by atoms with Crippen LogP contribution in [-0.2, 0) is 16.2 Å². The largest absolute Gasteiger partial charge is 0.417 e. The van der Waals surface area contributed by atoms with E-state index in [1.54, 1.807) is 13.8 Å². The molecule has 3 N–H and O–H groups in total. The van der Waals surface area contributed by atoms with E-state index in [9.17, 15) is 21.6 Å². The quantitative estimate of drug-likeness (QED) is 0.824. The molecule has 0 radical (unpaired) electrons. The fraction of sp³-hybridized carbons (Fsp3) is 0.500. The molecule has 0 aliphatic carbocycles. The number of sulfonamides is 1. The van der Waals surface area contributed by atoms with E-state index in [-0.39, 0.29) is 6.54 Å². The van der Waals surface area contributed by atoms with Crippen molar-refractivity contribution in [3.63, 3.8) is 0 Å². The van der Waals surface area contributed by atoms with Gasteiger partial charge in [0, 0.05) is 12.1 Å². The molecule has 0 bridgehead atoms. The van der Waals surface area contributed by atoms with Crippen molar-refractivity contribution in [2.75, 3.05) is 6.54 Å². The number of rotatable bonds is 6. The molecule has 0 saturated heterocycles. The van der Waals surface area contributed by atoms with Crippen LogP contribution in [0, 0.1) is 11.3 Å². The number of nitriles is 1. The summed E-state index contributed by atoms with van der Waals surface area (Å²) in [7, 11) is -4.20. The lowest BCUT2D eigenvalue weighted by molar-refractivity contribution is -0.137. The fourth-order valence-electron chi connectivity index (χ4n) is 2.09. The molecule has 0 aliphatic heterocycles. The van der Waals surface area contributed by atoms with E-state index in [1.807, 2.05) is 0 Å². The van der Waals surface area contributed by atoms with Gasteiger partial charge in [-0.3, -0.25) is 0 Å². The van der Waals surface area contributed by atoms with E-state index in [2.05, 4.69) is 4.72 Å². The summed E-state index contributed by atoms with van der Waals surface area (Å²) >= 11 is 0. The number of nitrogens with two attached hydrogens (primary N) is 1. The van der Waals surface area contributed by atoms with Crippen LogP contribution < -0.4 is 10.5 Å². The maximum atomic E-state index is 13.0. The molecular weight excluding hydrogens is 331 g/mol.